The molecule has 0 fully saturated rings. The van der Waals surface area contributed by atoms with Gasteiger partial charge in [0.05, 0.1) is 17.8 Å². The quantitative estimate of drug-likeness (QED) is 0.843. The topological polar surface area (TPSA) is 93.1 Å². The smallest absolute Gasteiger partial charge is 0.321 e. The van der Waals surface area contributed by atoms with Crippen molar-refractivity contribution in [1.82, 2.24) is 20.4 Å². The van der Waals surface area contributed by atoms with Crippen LogP contribution in [-0.2, 0) is 17.9 Å². The summed E-state index contributed by atoms with van der Waals surface area (Å²) in [5.41, 5.74) is 0.317. The molecule has 7 nitrogen and oxygen atoms in total. The molecule has 3 amide bonds. The highest BCUT2D eigenvalue weighted by atomic mass is 35.5. The zero-order chi connectivity index (χ0) is 17.5. The van der Waals surface area contributed by atoms with Crippen LogP contribution in [0.2, 0.25) is 10.0 Å². The second-order valence-corrected chi connectivity index (χ2v) is 5.59. The lowest BCUT2D eigenvalue weighted by atomic mass is 10.2. The van der Waals surface area contributed by atoms with E-state index in [1.165, 1.54) is 6.20 Å². The third-order valence-corrected chi connectivity index (χ3v) is 3.79. The molecular formula is C15H14Cl2N4O3. The monoisotopic (exact) mass is 368 g/mol. The van der Waals surface area contributed by atoms with Crippen molar-refractivity contribution in [2.45, 2.75) is 19.5 Å². The number of carbonyl (C=O) groups excluding carboxylic acids is 2. The molecule has 0 spiro atoms. The van der Waals surface area contributed by atoms with Gasteiger partial charge in [-0.1, -0.05) is 53.5 Å². The molecule has 0 saturated carbocycles. The summed E-state index contributed by atoms with van der Waals surface area (Å²) in [7, 11) is 0. The molecule has 0 bridgehead atoms. The van der Waals surface area contributed by atoms with Crippen molar-refractivity contribution in [3.8, 4) is 0 Å². The molecule has 0 atom stereocenters. The molecule has 0 unspecified atom stereocenters. The fourth-order valence-electron chi connectivity index (χ4n) is 1.82. The van der Waals surface area contributed by atoms with Gasteiger partial charge in [-0.2, -0.15) is 5.10 Å². The van der Waals surface area contributed by atoms with Crippen LogP contribution >= 0.6 is 23.2 Å². The van der Waals surface area contributed by atoms with Gasteiger partial charge in [0, 0.05) is 13.0 Å². The number of benzene rings is 1. The number of urea groups is 1. The highest BCUT2D eigenvalue weighted by Gasteiger charge is 2.11. The van der Waals surface area contributed by atoms with Gasteiger partial charge in [-0.05, 0) is 5.56 Å². The second kappa shape index (κ2) is 8.47. The number of nitrogens with one attached hydrogen (secondary N) is 2. The minimum absolute atomic E-state index is 0.0203. The predicted molar refractivity (Wildman–Crippen MR) is 90.0 cm³/mol. The summed E-state index contributed by atoms with van der Waals surface area (Å²) >= 11 is 11.4. The van der Waals surface area contributed by atoms with Crippen LogP contribution in [0, 0.1) is 0 Å². The van der Waals surface area contributed by atoms with E-state index in [0.29, 0.717) is 6.54 Å². The van der Waals surface area contributed by atoms with Crippen LogP contribution in [0.3, 0.4) is 0 Å². The van der Waals surface area contributed by atoms with Crippen LogP contribution in [0.1, 0.15) is 12.0 Å². The summed E-state index contributed by atoms with van der Waals surface area (Å²) in [4.78, 5) is 35.1. The van der Waals surface area contributed by atoms with Crippen LogP contribution in [0.5, 0.6) is 0 Å². The van der Waals surface area contributed by atoms with E-state index >= 15 is 0 Å². The van der Waals surface area contributed by atoms with Crippen molar-refractivity contribution in [3.05, 3.63) is 62.5 Å². The summed E-state index contributed by atoms with van der Waals surface area (Å²) in [6.07, 6.45) is 1.11. The van der Waals surface area contributed by atoms with Gasteiger partial charge in [-0.3, -0.25) is 14.9 Å². The Balaban J connectivity index is 1.80. The molecule has 1 heterocycles. The fraction of sp³-hybridized carbons (Fsp3) is 0.200. The number of imide groups is 1. The van der Waals surface area contributed by atoms with Crippen LogP contribution in [0.15, 0.2) is 41.3 Å². The first-order valence-electron chi connectivity index (χ1n) is 7.00. The van der Waals surface area contributed by atoms with Gasteiger partial charge in [0.1, 0.15) is 5.02 Å². The van der Waals surface area contributed by atoms with Crippen LogP contribution < -0.4 is 16.2 Å². The molecule has 0 aliphatic heterocycles. The number of hydrogen-bond acceptors (Lipinski definition) is 4. The lowest BCUT2D eigenvalue weighted by molar-refractivity contribution is -0.120. The maximum absolute atomic E-state index is 11.8. The number of amides is 3. The Morgan fingerprint density at radius 3 is 2.58 bits per heavy atom. The molecule has 0 aliphatic rings. The maximum Gasteiger partial charge on any atom is 0.321 e. The number of hydrogen-bond donors (Lipinski definition) is 2. The van der Waals surface area contributed by atoms with Gasteiger partial charge in [0.25, 0.3) is 5.56 Å². The molecule has 24 heavy (non-hydrogen) atoms. The maximum atomic E-state index is 11.8. The second-order valence-electron chi connectivity index (χ2n) is 4.80. The SMILES string of the molecule is O=C(CCn1ncc(Cl)c(Cl)c1=O)NC(=O)NCc1ccccc1. The predicted octanol–water partition coefficient (Wildman–Crippen LogP) is 1.97. The Labute approximate surface area is 147 Å². The van der Waals surface area contributed by atoms with E-state index in [0.717, 1.165) is 10.2 Å². The van der Waals surface area contributed by atoms with Crippen molar-refractivity contribution >= 4 is 35.1 Å². The molecule has 1 aromatic heterocycles. The van der Waals surface area contributed by atoms with Crippen LogP contribution in [0.25, 0.3) is 0 Å². The van der Waals surface area contributed by atoms with Gasteiger partial charge < -0.3 is 5.32 Å². The van der Waals surface area contributed by atoms with E-state index < -0.39 is 17.5 Å². The van der Waals surface area contributed by atoms with E-state index in [-0.39, 0.29) is 23.0 Å². The van der Waals surface area contributed by atoms with E-state index in [1.807, 2.05) is 30.3 Å². The van der Waals surface area contributed by atoms with E-state index in [9.17, 15) is 14.4 Å². The summed E-state index contributed by atoms with van der Waals surface area (Å²) in [5.74, 6) is -0.541. The molecule has 2 rings (SSSR count). The Morgan fingerprint density at radius 1 is 1.17 bits per heavy atom. The number of nitrogens with zero attached hydrogens (tertiary/aromatic N) is 2. The average molecular weight is 369 g/mol. The third kappa shape index (κ3) is 5.07. The molecular weight excluding hydrogens is 355 g/mol. The molecule has 9 heteroatoms. The number of carbonyl (C=O) groups is 2. The Morgan fingerprint density at radius 2 is 1.88 bits per heavy atom. The molecule has 2 aromatic rings. The van der Waals surface area contributed by atoms with Gasteiger partial charge in [0.2, 0.25) is 5.91 Å². The first-order valence-corrected chi connectivity index (χ1v) is 7.75. The zero-order valence-electron chi connectivity index (χ0n) is 12.5. The largest absolute Gasteiger partial charge is 0.334 e. The number of aromatic nitrogens is 2. The lowest BCUT2D eigenvalue weighted by Crippen LogP contribution is -2.39. The molecule has 126 valence electrons. The van der Waals surface area contributed by atoms with Crippen molar-refractivity contribution in [3.63, 3.8) is 0 Å². The zero-order valence-corrected chi connectivity index (χ0v) is 14.0. The Hall–Kier alpha value is -2.38. The summed E-state index contributed by atoms with van der Waals surface area (Å²) in [6.45, 7) is 0.279. The minimum Gasteiger partial charge on any atom is -0.334 e. The normalized spacial score (nSPS) is 10.2. The van der Waals surface area contributed by atoms with Crippen molar-refractivity contribution in [2.75, 3.05) is 0 Å². The van der Waals surface area contributed by atoms with E-state index in [4.69, 9.17) is 23.2 Å². The standard InChI is InChI=1S/C15H14Cl2N4O3/c16-11-9-19-21(14(23)13(11)17)7-6-12(22)20-15(24)18-8-10-4-2-1-3-5-10/h1-5,9H,6-8H2,(H2,18,20,22,24). The Bertz CT molecular complexity index is 793. The third-order valence-electron chi connectivity index (χ3n) is 3.04. The summed E-state index contributed by atoms with van der Waals surface area (Å²) < 4.78 is 1.01. The number of aryl methyl sites for hydroxylation is 1. The number of rotatable bonds is 5. The fourth-order valence-corrected chi connectivity index (χ4v) is 2.09. The van der Waals surface area contributed by atoms with Gasteiger partial charge in [0.15, 0.2) is 0 Å². The first-order chi connectivity index (χ1) is 11.5. The molecule has 0 aliphatic carbocycles. The average Bonchev–Trinajstić information content (AvgIpc) is 2.58. The first kappa shape index (κ1) is 18.0. The van der Waals surface area contributed by atoms with Gasteiger partial charge in [-0.25, -0.2) is 9.48 Å². The molecule has 0 radical (unpaired) electrons. The highest BCUT2D eigenvalue weighted by Crippen LogP contribution is 2.14. The van der Waals surface area contributed by atoms with Crippen molar-refractivity contribution < 1.29 is 9.59 Å². The van der Waals surface area contributed by atoms with Crippen LogP contribution in [-0.4, -0.2) is 21.7 Å². The van der Waals surface area contributed by atoms with Crippen molar-refractivity contribution in [2.24, 2.45) is 0 Å². The van der Waals surface area contributed by atoms with Gasteiger partial charge >= 0.3 is 6.03 Å². The van der Waals surface area contributed by atoms with E-state index in [2.05, 4.69) is 15.7 Å². The summed E-state index contributed by atoms with van der Waals surface area (Å²) in [6, 6.07) is 8.66. The van der Waals surface area contributed by atoms with E-state index in [1.54, 1.807) is 0 Å². The van der Waals surface area contributed by atoms with Crippen LogP contribution in [0.4, 0.5) is 4.79 Å². The van der Waals surface area contributed by atoms with Crippen molar-refractivity contribution in [1.29, 1.82) is 0 Å². The molecule has 2 N–H and O–H groups in total. The molecule has 1 aromatic carbocycles. The lowest BCUT2D eigenvalue weighted by Gasteiger charge is -2.08. The van der Waals surface area contributed by atoms with Gasteiger partial charge in [-0.15, -0.1) is 0 Å². The minimum atomic E-state index is -0.613. The summed E-state index contributed by atoms with van der Waals surface area (Å²) in [5, 5.41) is 8.39. The Kier molecular flexibility index (Phi) is 6.34. The molecule has 0 saturated heterocycles. The highest BCUT2D eigenvalue weighted by molar-refractivity contribution is 6.41. The number of halogens is 2.